The van der Waals surface area contributed by atoms with Gasteiger partial charge < -0.3 is 25.4 Å². The molecule has 0 aliphatic rings. The number of ether oxygens (including phenoxy) is 1. The van der Waals surface area contributed by atoms with Gasteiger partial charge in [0.2, 0.25) is 0 Å². The average molecular weight is 536 g/mol. The molecule has 0 bridgehead atoms. The summed E-state index contributed by atoms with van der Waals surface area (Å²) in [6.45, 7) is 4.19. The Kier molecular flexibility index (Phi) is 15.6. The molecule has 0 radical (unpaired) electrons. The monoisotopic (exact) mass is 535 g/mol. The molecule has 35 heavy (non-hydrogen) atoms. The normalized spacial score (nSPS) is 10.9. The molecular formula is C23H32Cl2FN3O6. The van der Waals surface area contributed by atoms with E-state index in [4.69, 9.17) is 27.0 Å². The lowest BCUT2D eigenvalue weighted by Crippen LogP contribution is -2.25. The molecule has 196 valence electrons. The minimum absolute atomic E-state index is 0. The van der Waals surface area contributed by atoms with Crippen molar-refractivity contribution < 1.29 is 33.1 Å². The predicted molar refractivity (Wildman–Crippen MR) is 132 cm³/mol. The first kappa shape index (κ1) is 32.3. The van der Waals surface area contributed by atoms with Crippen LogP contribution in [0.25, 0.3) is 11.3 Å². The minimum Gasteiger partial charge on any atom is -0.481 e. The van der Waals surface area contributed by atoms with Gasteiger partial charge in [0.1, 0.15) is 22.8 Å². The van der Waals surface area contributed by atoms with Crippen molar-refractivity contribution in [3.8, 4) is 11.3 Å². The van der Waals surface area contributed by atoms with Crippen LogP contribution in [0.3, 0.4) is 0 Å². The lowest BCUT2D eigenvalue weighted by Gasteiger charge is -2.07. The number of methoxy groups -OCH3 is 1. The molecule has 1 amide bonds. The Balaban J connectivity index is 0.000000989. The van der Waals surface area contributed by atoms with Crippen molar-refractivity contribution in [3.05, 3.63) is 40.4 Å². The van der Waals surface area contributed by atoms with E-state index in [1.807, 2.05) is 0 Å². The zero-order valence-corrected chi connectivity index (χ0v) is 21.5. The molecule has 0 saturated heterocycles. The summed E-state index contributed by atoms with van der Waals surface area (Å²) in [6, 6.07) is 4.22. The van der Waals surface area contributed by atoms with Gasteiger partial charge in [0, 0.05) is 13.0 Å². The fraction of sp³-hybridized carbons (Fsp3) is 0.478. The van der Waals surface area contributed by atoms with Crippen molar-refractivity contribution in [1.29, 1.82) is 0 Å². The smallest absolute Gasteiger partial charge is 0.306 e. The van der Waals surface area contributed by atoms with E-state index < -0.39 is 17.7 Å². The molecule has 1 atom stereocenters. The SMILES string of the molecule is CC(CCCN)C(=O)O.COC(=O)CCCCNC(=O)c1c(-c2c(F)cccc2Cl)noc1C.Cl. The summed E-state index contributed by atoms with van der Waals surface area (Å²) < 4.78 is 23.7. The first-order valence-electron chi connectivity index (χ1n) is 10.8. The fourth-order valence-electron chi connectivity index (χ4n) is 2.87. The van der Waals surface area contributed by atoms with Gasteiger partial charge in [-0.05, 0) is 51.3 Å². The van der Waals surface area contributed by atoms with Gasteiger partial charge in [-0.3, -0.25) is 14.4 Å². The van der Waals surface area contributed by atoms with E-state index in [0.29, 0.717) is 32.4 Å². The minimum atomic E-state index is -0.733. The number of carboxylic acid groups (broad SMARTS) is 1. The Morgan fingerprint density at radius 3 is 2.54 bits per heavy atom. The van der Waals surface area contributed by atoms with Crippen molar-refractivity contribution in [2.75, 3.05) is 20.2 Å². The largest absolute Gasteiger partial charge is 0.481 e. The standard InChI is InChI=1S/C17H18ClFN2O4.C6H13NO2.ClH/c1-10-14(17(23)20-9-4-3-8-13(22)24-2)16(21-25-10)15-11(18)6-5-7-12(15)19;1-5(6(8)9)3-2-4-7;/h5-7H,3-4,8-9H2,1-2H3,(H,20,23);5H,2-4,7H2,1H3,(H,8,9);1H. The Bertz CT molecular complexity index is 950. The number of nitrogens with one attached hydrogen (secondary N) is 1. The van der Waals surface area contributed by atoms with Gasteiger partial charge in [0.15, 0.2) is 0 Å². The van der Waals surface area contributed by atoms with E-state index in [-0.39, 0.29) is 58.3 Å². The lowest BCUT2D eigenvalue weighted by molar-refractivity contribution is -0.142. The van der Waals surface area contributed by atoms with Crippen LogP contribution < -0.4 is 11.1 Å². The third-order valence-electron chi connectivity index (χ3n) is 4.87. The number of carbonyl (C=O) groups is 3. The molecule has 2 aromatic rings. The Labute approximate surface area is 214 Å². The summed E-state index contributed by atoms with van der Waals surface area (Å²) in [5.74, 6) is -2.03. The maximum Gasteiger partial charge on any atom is 0.306 e. The van der Waals surface area contributed by atoms with Crippen molar-refractivity contribution in [2.24, 2.45) is 11.7 Å². The number of aliphatic carboxylic acids is 1. The summed E-state index contributed by atoms with van der Waals surface area (Å²) in [4.78, 5) is 33.6. The molecule has 2 rings (SSSR count). The van der Waals surface area contributed by atoms with Gasteiger partial charge in [0.05, 0.1) is 23.6 Å². The Morgan fingerprint density at radius 2 is 1.97 bits per heavy atom. The van der Waals surface area contributed by atoms with Crippen LogP contribution in [0.5, 0.6) is 0 Å². The third-order valence-corrected chi connectivity index (χ3v) is 5.19. The Morgan fingerprint density at radius 1 is 1.29 bits per heavy atom. The highest BCUT2D eigenvalue weighted by Crippen LogP contribution is 2.33. The molecule has 12 heteroatoms. The number of aryl methyl sites for hydroxylation is 1. The van der Waals surface area contributed by atoms with Gasteiger partial charge in [-0.2, -0.15) is 0 Å². The molecule has 4 N–H and O–H groups in total. The van der Waals surface area contributed by atoms with Crippen molar-refractivity contribution in [3.63, 3.8) is 0 Å². The van der Waals surface area contributed by atoms with Crippen LogP contribution in [0, 0.1) is 18.7 Å². The van der Waals surface area contributed by atoms with Crippen LogP contribution in [0.1, 0.15) is 55.1 Å². The molecule has 0 aliphatic carbocycles. The van der Waals surface area contributed by atoms with Crippen LogP contribution in [0.15, 0.2) is 22.7 Å². The highest BCUT2D eigenvalue weighted by molar-refractivity contribution is 6.33. The van der Waals surface area contributed by atoms with E-state index in [2.05, 4.69) is 15.2 Å². The second-order valence-electron chi connectivity index (χ2n) is 7.52. The zero-order valence-electron chi connectivity index (χ0n) is 19.9. The van der Waals surface area contributed by atoms with Crippen molar-refractivity contribution >= 4 is 41.9 Å². The average Bonchev–Trinajstić information content (AvgIpc) is 3.18. The highest BCUT2D eigenvalue weighted by atomic mass is 35.5. The topological polar surface area (TPSA) is 145 Å². The summed E-state index contributed by atoms with van der Waals surface area (Å²) >= 11 is 6.04. The van der Waals surface area contributed by atoms with Crippen LogP contribution in [0.4, 0.5) is 4.39 Å². The molecule has 0 aliphatic heterocycles. The fourth-order valence-corrected chi connectivity index (χ4v) is 3.12. The number of esters is 1. The van der Waals surface area contributed by atoms with Gasteiger partial charge in [0.25, 0.3) is 5.91 Å². The van der Waals surface area contributed by atoms with Crippen LogP contribution >= 0.6 is 24.0 Å². The number of halogens is 3. The summed E-state index contributed by atoms with van der Waals surface area (Å²) in [6.07, 6.45) is 2.95. The number of amides is 1. The van der Waals surface area contributed by atoms with E-state index in [9.17, 15) is 18.8 Å². The second kappa shape index (κ2) is 16.9. The van der Waals surface area contributed by atoms with Gasteiger partial charge in [-0.1, -0.05) is 29.7 Å². The number of benzene rings is 1. The van der Waals surface area contributed by atoms with Gasteiger partial charge in [-0.15, -0.1) is 12.4 Å². The van der Waals surface area contributed by atoms with E-state index in [1.165, 1.54) is 25.3 Å². The number of nitrogens with zero attached hydrogens (tertiary/aromatic N) is 1. The molecule has 1 aromatic carbocycles. The maximum absolute atomic E-state index is 14.1. The number of rotatable bonds is 11. The number of nitrogens with two attached hydrogens (primary N) is 1. The number of hydrogen-bond donors (Lipinski definition) is 3. The Hall–Kier alpha value is -2.69. The van der Waals surface area contributed by atoms with Crippen molar-refractivity contribution in [2.45, 2.75) is 46.0 Å². The molecule has 0 spiro atoms. The van der Waals surface area contributed by atoms with Gasteiger partial charge in [-0.25, -0.2) is 4.39 Å². The zero-order chi connectivity index (χ0) is 25.7. The quantitative estimate of drug-likeness (QED) is 0.283. The number of carboxylic acids is 1. The molecule has 1 heterocycles. The number of carbonyl (C=O) groups excluding carboxylic acids is 2. The van der Waals surface area contributed by atoms with E-state index in [1.54, 1.807) is 13.8 Å². The first-order chi connectivity index (χ1) is 16.1. The summed E-state index contributed by atoms with van der Waals surface area (Å²) in [5, 5.41) is 15.0. The summed E-state index contributed by atoms with van der Waals surface area (Å²) in [7, 11) is 1.33. The molecule has 9 nitrogen and oxygen atoms in total. The van der Waals surface area contributed by atoms with E-state index >= 15 is 0 Å². The van der Waals surface area contributed by atoms with Crippen LogP contribution in [-0.4, -0.2) is 48.3 Å². The maximum atomic E-state index is 14.1. The molecular weight excluding hydrogens is 504 g/mol. The predicted octanol–water partition coefficient (Wildman–Crippen LogP) is 4.38. The lowest BCUT2D eigenvalue weighted by atomic mass is 10.0. The molecule has 0 fully saturated rings. The number of hydrogen-bond acceptors (Lipinski definition) is 7. The van der Waals surface area contributed by atoms with Crippen LogP contribution in [-0.2, 0) is 14.3 Å². The second-order valence-corrected chi connectivity index (χ2v) is 7.93. The molecule has 0 saturated carbocycles. The molecule has 1 aromatic heterocycles. The van der Waals surface area contributed by atoms with E-state index in [0.717, 1.165) is 6.42 Å². The first-order valence-corrected chi connectivity index (χ1v) is 11.2. The van der Waals surface area contributed by atoms with Gasteiger partial charge >= 0.3 is 11.9 Å². The van der Waals surface area contributed by atoms with Crippen LogP contribution in [0.2, 0.25) is 5.02 Å². The highest BCUT2D eigenvalue weighted by Gasteiger charge is 2.25. The van der Waals surface area contributed by atoms with Crippen molar-refractivity contribution in [1.82, 2.24) is 10.5 Å². The number of unbranched alkanes of at least 4 members (excludes halogenated alkanes) is 1. The third kappa shape index (κ3) is 10.6. The summed E-state index contributed by atoms with van der Waals surface area (Å²) in [5.41, 5.74) is 5.41. The number of aromatic nitrogens is 1. The molecule has 1 unspecified atom stereocenters.